The first kappa shape index (κ1) is 14.0. The molecule has 0 aromatic carbocycles. The lowest BCUT2D eigenvalue weighted by Crippen LogP contribution is -2.34. The fraction of sp³-hybridized carbons (Fsp3) is 1.00. The van der Waals surface area contributed by atoms with Crippen molar-refractivity contribution < 1.29 is 0 Å². The molecule has 16 heavy (non-hydrogen) atoms. The molecule has 2 nitrogen and oxygen atoms in total. The number of rotatable bonds is 5. The molecule has 0 saturated heterocycles. The minimum Gasteiger partial charge on any atom is -0.330 e. The van der Waals surface area contributed by atoms with Crippen molar-refractivity contribution in [2.75, 3.05) is 19.6 Å². The van der Waals surface area contributed by atoms with E-state index in [4.69, 9.17) is 5.73 Å². The molecule has 2 heteroatoms. The zero-order valence-electron chi connectivity index (χ0n) is 11.6. The van der Waals surface area contributed by atoms with Crippen molar-refractivity contribution in [1.29, 1.82) is 0 Å². The number of nitrogens with two attached hydrogens (primary N) is 1. The highest BCUT2D eigenvalue weighted by Gasteiger charge is 2.26. The molecule has 1 saturated carbocycles. The van der Waals surface area contributed by atoms with E-state index in [1.165, 1.54) is 25.8 Å². The quantitative estimate of drug-likeness (QED) is 0.756. The van der Waals surface area contributed by atoms with Crippen molar-refractivity contribution in [3.8, 4) is 0 Å². The minimum absolute atomic E-state index is 0.413. The summed E-state index contributed by atoms with van der Waals surface area (Å²) in [4.78, 5) is 0. The summed E-state index contributed by atoms with van der Waals surface area (Å²) in [5.41, 5.74) is 6.21. The predicted octanol–water partition coefficient (Wildman–Crippen LogP) is 2.63. The fourth-order valence-corrected chi connectivity index (χ4v) is 2.48. The molecule has 0 amide bonds. The fourth-order valence-electron chi connectivity index (χ4n) is 2.48. The molecule has 1 rings (SSSR count). The summed E-state index contributed by atoms with van der Waals surface area (Å²) in [6.07, 6.45) is 4.10. The Labute approximate surface area is 101 Å². The zero-order chi connectivity index (χ0) is 12.2. The standard InChI is InChI=1S/C14H30N2/c1-11(14(2,3)4)9-16-10-13-7-5-6-12(13)8-15/h11-13,16H,5-10,15H2,1-4H3. The van der Waals surface area contributed by atoms with Crippen LogP contribution in [0, 0.1) is 23.2 Å². The van der Waals surface area contributed by atoms with Gasteiger partial charge in [-0.15, -0.1) is 0 Å². The van der Waals surface area contributed by atoms with Gasteiger partial charge in [0.25, 0.3) is 0 Å². The van der Waals surface area contributed by atoms with Crippen molar-refractivity contribution in [1.82, 2.24) is 5.32 Å². The third kappa shape index (κ3) is 4.06. The van der Waals surface area contributed by atoms with Gasteiger partial charge in [-0.25, -0.2) is 0 Å². The Morgan fingerprint density at radius 1 is 1.25 bits per heavy atom. The van der Waals surface area contributed by atoms with Gasteiger partial charge in [0.2, 0.25) is 0 Å². The largest absolute Gasteiger partial charge is 0.330 e. The topological polar surface area (TPSA) is 38.0 Å². The van der Waals surface area contributed by atoms with Crippen molar-refractivity contribution >= 4 is 0 Å². The smallest absolute Gasteiger partial charge is 0.00173 e. The van der Waals surface area contributed by atoms with Gasteiger partial charge in [0.1, 0.15) is 0 Å². The summed E-state index contributed by atoms with van der Waals surface area (Å²) in [6, 6.07) is 0. The molecule has 1 fully saturated rings. The van der Waals surface area contributed by atoms with Crippen LogP contribution in [-0.4, -0.2) is 19.6 Å². The van der Waals surface area contributed by atoms with Crippen LogP contribution in [0.1, 0.15) is 47.0 Å². The number of nitrogens with one attached hydrogen (secondary N) is 1. The molecule has 0 bridgehead atoms. The third-order valence-electron chi connectivity index (χ3n) is 4.45. The summed E-state index contributed by atoms with van der Waals surface area (Å²) in [5.74, 6) is 2.33. The molecule has 1 aliphatic carbocycles. The first-order valence-corrected chi connectivity index (χ1v) is 6.86. The second-order valence-electron chi connectivity index (χ2n) is 6.61. The second kappa shape index (κ2) is 6.02. The molecule has 3 unspecified atom stereocenters. The highest BCUT2D eigenvalue weighted by molar-refractivity contribution is 4.80. The predicted molar refractivity (Wildman–Crippen MR) is 71.4 cm³/mol. The summed E-state index contributed by atoms with van der Waals surface area (Å²) in [6.45, 7) is 12.5. The van der Waals surface area contributed by atoms with Crippen molar-refractivity contribution in [2.45, 2.75) is 47.0 Å². The van der Waals surface area contributed by atoms with E-state index >= 15 is 0 Å². The van der Waals surface area contributed by atoms with Crippen LogP contribution in [0.15, 0.2) is 0 Å². The van der Waals surface area contributed by atoms with Crippen LogP contribution in [0.25, 0.3) is 0 Å². The summed E-state index contributed by atoms with van der Waals surface area (Å²) >= 11 is 0. The average molecular weight is 226 g/mol. The van der Waals surface area contributed by atoms with Gasteiger partial charge in [-0.2, -0.15) is 0 Å². The molecule has 0 aromatic heterocycles. The van der Waals surface area contributed by atoms with Gasteiger partial charge in [-0.3, -0.25) is 0 Å². The highest BCUT2D eigenvalue weighted by Crippen LogP contribution is 2.30. The second-order valence-corrected chi connectivity index (χ2v) is 6.61. The van der Waals surface area contributed by atoms with Crippen LogP contribution in [0.2, 0.25) is 0 Å². The minimum atomic E-state index is 0.413. The zero-order valence-corrected chi connectivity index (χ0v) is 11.6. The maximum atomic E-state index is 5.80. The summed E-state index contributed by atoms with van der Waals surface area (Å²) in [5, 5.41) is 3.64. The molecule has 0 heterocycles. The van der Waals surface area contributed by atoms with E-state index in [1.54, 1.807) is 0 Å². The lowest BCUT2D eigenvalue weighted by Gasteiger charge is -2.28. The Morgan fingerprint density at radius 3 is 2.44 bits per heavy atom. The highest BCUT2D eigenvalue weighted by atomic mass is 14.9. The third-order valence-corrected chi connectivity index (χ3v) is 4.45. The molecule has 96 valence electrons. The number of hydrogen-bond donors (Lipinski definition) is 2. The lowest BCUT2D eigenvalue weighted by molar-refractivity contribution is 0.245. The van der Waals surface area contributed by atoms with Crippen LogP contribution in [0.4, 0.5) is 0 Å². The van der Waals surface area contributed by atoms with Crippen LogP contribution in [0.5, 0.6) is 0 Å². The van der Waals surface area contributed by atoms with E-state index < -0.39 is 0 Å². The molecule has 3 N–H and O–H groups in total. The Bertz CT molecular complexity index is 195. The van der Waals surface area contributed by atoms with E-state index in [-0.39, 0.29) is 0 Å². The monoisotopic (exact) mass is 226 g/mol. The van der Waals surface area contributed by atoms with E-state index in [1.807, 2.05) is 0 Å². The Morgan fingerprint density at radius 2 is 1.88 bits per heavy atom. The molecule has 1 aliphatic rings. The first-order chi connectivity index (χ1) is 7.45. The van der Waals surface area contributed by atoms with Gasteiger partial charge in [0.15, 0.2) is 0 Å². The Kier molecular flexibility index (Phi) is 5.26. The van der Waals surface area contributed by atoms with Gasteiger partial charge < -0.3 is 11.1 Å². The molecular formula is C14H30N2. The van der Waals surface area contributed by atoms with Crippen molar-refractivity contribution in [3.05, 3.63) is 0 Å². The first-order valence-electron chi connectivity index (χ1n) is 6.86. The van der Waals surface area contributed by atoms with Crippen molar-refractivity contribution in [2.24, 2.45) is 28.9 Å². The molecule has 0 spiro atoms. The van der Waals surface area contributed by atoms with Crippen LogP contribution in [0.3, 0.4) is 0 Å². The molecular weight excluding hydrogens is 196 g/mol. The maximum absolute atomic E-state index is 5.80. The molecule has 0 radical (unpaired) electrons. The van der Waals surface area contributed by atoms with Crippen LogP contribution >= 0.6 is 0 Å². The SMILES string of the molecule is CC(CNCC1CCCC1CN)C(C)(C)C. The van der Waals surface area contributed by atoms with Gasteiger partial charge >= 0.3 is 0 Å². The van der Waals surface area contributed by atoms with Gasteiger partial charge in [-0.1, -0.05) is 34.1 Å². The van der Waals surface area contributed by atoms with Gasteiger partial charge in [-0.05, 0) is 55.6 Å². The van der Waals surface area contributed by atoms with Crippen LogP contribution in [-0.2, 0) is 0 Å². The lowest BCUT2D eigenvalue weighted by atomic mass is 9.82. The number of hydrogen-bond acceptors (Lipinski definition) is 2. The van der Waals surface area contributed by atoms with E-state index in [0.717, 1.165) is 30.8 Å². The Hall–Kier alpha value is -0.0800. The van der Waals surface area contributed by atoms with Crippen LogP contribution < -0.4 is 11.1 Å². The van der Waals surface area contributed by atoms with E-state index in [0.29, 0.717) is 5.41 Å². The average Bonchev–Trinajstić information content (AvgIpc) is 2.63. The summed E-state index contributed by atoms with van der Waals surface area (Å²) in [7, 11) is 0. The maximum Gasteiger partial charge on any atom is -0.00173 e. The Balaban J connectivity index is 2.20. The summed E-state index contributed by atoms with van der Waals surface area (Å²) < 4.78 is 0. The molecule has 0 aliphatic heterocycles. The van der Waals surface area contributed by atoms with Crippen molar-refractivity contribution in [3.63, 3.8) is 0 Å². The van der Waals surface area contributed by atoms with E-state index in [2.05, 4.69) is 33.0 Å². The van der Waals surface area contributed by atoms with Gasteiger partial charge in [0, 0.05) is 0 Å². The molecule has 3 atom stereocenters. The molecule has 0 aromatic rings. The normalized spacial score (nSPS) is 28.3. The van der Waals surface area contributed by atoms with Gasteiger partial charge in [0.05, 0.1) is 0 Å². The van der Waals surface area contributed by atoms with E-state index in [9.17, 15) is 0 Å².